The number of aliphatic hydroxyl groups excluding tert-OH is 1. The number of rotatable bonds is 5. The predicted molar refractivity (Wildman–Crippen MR) is 85.8 cm³/mol. The quantitative estimate of drug-likeness (QED) is 0.776. The summed E-state index contributed by atoms with van der Waals surface area (Å²) in [5.74, 6) is 0.915. The van der Waals surface area contributed by atoms with Crippen molar-refractivity contribution in [2.24, 2.45) is 11.3 Å². The van der Waals surface area contributed by atoms with Crippen LogP contribution in [0, 0.1) is 11.3 Å². The van der Waals surface area contributed by atoms with Gasteiger partial charge in [-0.05, 0) is 30.7 Å². The minimum Gasteiger partial charge on any atom is -0.492 e. The minimum absolute atomic E-state index is 0.141. The third kappa shape index (κ3) is 4.54. The smallest absolute Gasteiger partial charge is 0.139 e. The first-order valence-corrected chi connectivity index (χ1v) is 7.72. The molecule has 2 atom stereocenters. The van der Waals surface area contributed by atoms with Crippen LogP contribution in [-0.4, -0.2) is 11.7 Å². The first-order valence-electron chi connectivity index (χ1n) is 6.96. The van der Waals surface area contributed by atoms with Crippen molar-refractivity contribution >= 4 is 23.2 Å². The lowest BCUT2D eigenvalue weighted by molar-refractivity contribution is 0.111. The van der Waals surface area contributed by atoms with Gasteiger partial charge >= 0.3 is 0 Å². The van der Waals surface area contributed by atoms with E-state index >= 15 is 0 Å². The van der Waals surface area contributed by atoms with E-state index in [-0.39, 0.29) is 5.41 Å². The van der Waals surface area contributed by atoms with E-state index in [1.807, 2.05) is 6.92 Å². The van der Waals surface area contributed by atoms with Crippen LogP contribution in [0.5, 0.6) is 5.75 Å². The van der Waals surface area contributed by atoms with Crippen LogP contribution >= 0.6 is 23.2 Å². The Kier molecular flexibility index (Phi) is 6.18. The molecule has 0 bridgehead atoms. The summed E-state index contributed by atoms with van der Waals surface area (Å²) < 4.78 is 5.39. The molecule has 0 radical (unpaired) electrons. The molecule has 1 aromatic rings. The van der Waals surface area contributed by atoms with Gasteiger partial charge in [-0.15, -0.1) is 0 Å². The van der Waals surface area contributed by atoms with E-state index in [1.165, 1.54) is 0 Å². The first kappa shape index (κ1) is 17.6. The Bertz CT molecular complexity index is 453. The summed E-state index contributed by atoms with van der Waals surface area (Å²) in [6.45, 7) is 11.0. The Labute approximate surface area is 132 Å². The molecule has 0 heterocycles. The Morgan fingerprint density at radius 1 is 1.20 bits per heavy atom. The van der Waals surface area contributed by atoms with Gasteiger partial charge in [0.1, 0.15) is 5.75 Å². The van der Waals surface area contributed by atoms with Crippen molar-refractivity contribution in [3.05, 3.63) is 27.7 Å². The van der Waals surface area contributed by atoms with Gasteiger partial charge in [0.25, 0.3) is 0 Å². The molecule has 0 aliphatic carbocycles. The maximum absolute atomic E-state index is 10.4. The summed E-state index contributed by atoms with van der Waals surface area (Å²) in [7, 11) is 0. The number of aliphatic hydroxyl groups is 1. The van der Waals surface area contributed by atoms with Gasteiger partial charge in [0.2, 0.25) is 0 Å². The second-order valence-corrected chi connectivity index (χ2v) is 7.07. The van der Waals surface area contributed by atoms with Crippen molar-refractivity contribution in [2.45, 2.75) is 47.1 Å². The molecule has 0 aliphatic heterocycles. The highest BCUT2D eigenvalue weighted by atomic mass is 35.5. The van der Waals surface area contributed by atoms with Crippen molar-refractivity contribution in [2.75, 3.05) is 6.61 Å². The summed E-state index contributed by atoms with van der Waals surface area (Å²) in [5, 5.41) is 11.4. The third-order valence-corrected chi connectivity index (χ3v) is 4.39. The summed E-state index contributed by atoms with van der Waals surface area (Å²) in [5.41, 5.74) is 0.805. The molecule has 0 amide bonds. The van der Waals surface area contributed by atoms with E-state index in [2.05, 4.69) is 27.7 Å². The standard InChI is InChI=1S/C16H24Cl2O2/c1-6-20-15-9-12(17)11(8-13(15)18)14(19)7-10(2)16(3,4)5/h8-10,14,19H,6-7H2,1-5H3. The van der Waals surface area contributed by atoms with Gasteiger partial charge in [0.15, 0.2) is 0 Å². The van der Waals surface area contributed by atoms with Crippen LogP contribution in [0.1, 0.15) is 52.7 Å². The zero-order chi connectivity index (χ0) is 15.5. The molecular weight excluding hydrogens is 295 g/mol. The first-order chi connectivity index (χ1) is 9.16. The summed E-state index contributed by atoms with van der Waals surface area (Å²) in [4.78, 5) is 0. The van der Waals surface area contributed by atoms with Gasteiger partial charge in [-0.25, -0.2) is 0 Å². The number of hydrogen-bond donors (Lipinski definition) is 1. The molecule has 2 unspecified atom stereocenters. The molecule has 0 aromatic heterocycles. The van der Waals surface area contributed by atoms with E-state index in [0.717, 1.165) is 0 Å². The lowest BCUT2D eigenvalue weighted by Crippen LogP contribution is -2.20. The lowest BCUT2D eigenvalue weighted by atomic mass is 9.78. The van der Waals surface area contributed by atoms with E-state index in [9.17, 15) is 5.11 Å². The molecule has 0 spiro atoms. The second kappa shape index (κ2) is 7.02. The van der Waals surface area contributed by atoms with Gasteiger partial charge < -0.3 is 9.84 Å². The monoisotopic (exact) mass is 318 g/mol. The molecule has 4 heteroatoms. The topological polar surface area (TPSA) is 29.5 Å². The van der Waals surface area contributed by atoms with Crippen molar-refractivity contribution in [1.82, 2.24) is 0 Å². The maximum Gasteiger partial charge on any atom is 0.139 e. The SMILES string of the molecule is CCOc1cc(Cl)c(C(O)CC(C)C(C)(C)C)cc1Cl. The third-order valence-electron chi connectivity index (χ3n) is 3.77. The Balaban J connectivity index is 2.94. The van der Waals surface area contributed by atoms with Crippen molar-refractivity contribution in [1.29, 1.82) is 0 Å². The van der Waals surface area contributed by atoms with E-state index in [4.69, 9.17) is 27.9 Å². The van der Waals surface area contributed by atoms with Crippen molar-refractivity contribution < 1.29 is 9.84 Å². The van der Waals surface area contributed by atoms with Gasteiger partial charge in [-0.1, -0.05) is 50.9 Å². The van der Waals surface area contributed by atoms with E-state index in [1.54, 1.807) is 12.1 Å². The van der Waals surface area contributed by atoms with E-state index < -0.39 is 6.10 Å². The molecule has 1 aromatic carbocycles. The van der Waals surface area contributed by atoms with Crippen LogP contribution in [0.3, 0.4) is 0 Å². The van der Waals surface area contributed by atoms with Crippen LogP contribution in [0.25, 0.3) is 0 Å². The minimum atomic E-state index is -0.620. The van der Waals surface area contributed by atoms with Crippen LogP contribution in [-0.2, 0) is 0 Å². The van der Waals surface area contributed by atoms with Crippen LogP contribution in [0.2, 0.25) is 10.0 Å². The number of hydrogen-bond acceptors (Lipinski definition) is 2. The summed E-state index contributed by atoms with van der Waals surface area (Å²) in [6, 6.07) is 3.38. The highest BCUT2D eigenvalue weighted by molar-refractivity contribution is 6.34. The molecule has 0 aliphatic rings. The second-order valence-electron chi connectivity index (χ2n) is 6.26. The molecule has 1 N–H and O–H groups in total. The molecule has 0 fully saturated rings. The predicted octanol–water partition coefficient (Wildman–Crippen LogP) is 5.50. The summed E-state index contributed by atoms with van der Waals surface area (Å²) >= 11 is 12.4. The highest BCUT2D eigenvalue weighted by Gasteiger charge is 2.25. The maximum atomic E-state index is 10.4. The summed E-state index contributed by atoms with van der Waals surface area (Å²) in [6.07, 6.45) is 0.0259. The Morgan fingerprint density at radius 2 is 1.80 bits per heavy atom. The fourth-order valence-corrected chi connectivity index (χ4v) is 2.39. The zero-order valence-electron chi connectivity index (χ0n) is 12.8. The normalized spacial score (nSPS) is 15.0. The average molecular weight is 319 g/mol. The van der Waals surface area contributed by atoms with Gasteiger partial charge in [-0.2, -0.15) is 0 Å². The molecule has 20 heavy (non-hydrogen) atoms. The molecule has 0 saturated carbocycles. The fraction of sp³-hybridized carbons (Fsp3) is 0.625. The van der Waals surface area contributed by atoms with Crippen molar-refractivity contribution in [3.8, 4) is 5.75 Å². The zero-order valence-corrected chi connectivity index (χ0v) is 14.3. The van der Waals surface area contributed by atoms with Gasteiger partial charge in [0, 0.05) is 11.6 Å². The van der Waals surface area contributed by atoms with Crippen LogP contribution in [0.15, 0.2) is 12.1 Å². The van der Waals surface area contributed by atoms with Crippen LogP contribution in [0.4, 0.5) is 0 Å². The molecule has 2 nitrogen and oxygen atoms in total. The molecule has 0 saturated heterocycles. The number of benzene rings is 1. The molecular formula is C16H24Cl2O2. The van der Waals surface area contributed by atoms with E-state index in [0.29, 0.717) is 40.3 Å². The average Bonchev–Trinajstić information content (AvgIpc) is 2.32. The number of halogens is 2. The van der Waals surface area contributed by atoms with Crippen molar-refractivity contribution in [3.63, 3.8) is 0 Å². The van der Waals surface area contributed by atoms with Crippen LogP contribution < -0.4 is 4.74 Å². The Hall–Kier alpha value is -0.440. The molecule has 1 rings (SSSR count). The highest BCUT2D eigenvalue weighted by Crippen LogP contribution is 2.38. The number of ether oxygens (including phenoxy) is 1. The largest absolute Gasteiger partial charge is 0.492 e. The Morgan fingerprint density at radius 3 is 2.30 bits per heavy atom. The fourth-order valence-electron chi connectivity index (χ4n) is 1.88. The molecule has 114 valence electrons. The lowest BCUT2D eigenvalue weighted by Gasteiger charge is -2.29. The van der Waals surface area contributed by atoms with Gasteiger partial charge in [-0.3, -0.25) is 0 Å². The van der Waals surface area contributed by atoms with Gasteiger partial charge in [0.05, 0.1) is 22.8 Å².